The SMILES string of the molecule is CC(C)C(C)NC(=O)c1cn(C)nc1OS(C)(=O)=O. The van der Waals surface area contributed by atoms with Gasteiger partial charge >= 0.3 is 10.1 Å². The second-order valence-corrected chi connectivity index (χ2v) is 6.39. The van der Waals surface area contributed by atoms with Gasteiger partial charge in [0.25, 0.3) is 11.8 Å². The monoisotopic (exact) mass is 289 g/mol. The molecule has 8 heteroatoms. The summed E-state index contributed by atoms with van der Waals surface area (Å²) in [6, 6.07) is -0.0428. The summed E-state index contributed by atoms with van der Waals surface area (Å²) >= 11 is 0. The Morgan fingerprint density at radius 2 is 2.00 bits per heavy atom. The van der Waals surface area contributed by atoms with Crippen LogP contribution in [0.15, 0.2) is 6.20 Å². The van der Waals surface area contributed by atoms with E-state index in [0.29, 0.717) is 0 Å². The van der Waals surface area contributed by atoms with Crippen LogP contribution in [0.25, 0.3) is 0 Å². The number of hydrogen-bond acceptors (Lipinski definition) is 5. The van der Waals surface area contributed by atoms with E-state index in [9.17, 15) is 13.2 Å². The van der Waals surface area contributed by atoms with Gasteiger partial charge in [-0.3, -0.25) is 9.48 Å². The molecule has 0 saturated carbocycles. The second kappa shape index (κ2) is 5.60. The zero-order chi connectivity index (χ0) is 14.8. The van der Waals surface area contributed by atoms with Crippen LogP contribution in [0, 0.1) is 5.92 Å². The maximum Gasteiger partial charge on any atom is 0.307 e. The minimum absolute atomic E-state index is 0.0428. The molecule has 0 radical (unpaired) electrons. The Kier molecular flexibility index (Phi) is 4.56. The molecule has 19 heavy (non-hydrogen) atoms. The summed E-state index contributed by atoms with van der Waals surface area (Å²) in [5.74, 6) is -0.355. The van der Waals surface area contributed by atoms with Crippen LogP contribution in [0.5, 0.6) is 5.88 Å². The van der Waals surface area contributed by atoms with Crippen LogP contribution in [-0.2, 0) is 17.2 Å². The van der Waals surface area contributed by atoms with Gasteiger partial charge in [0.1, 0.15) is 5.56 Å². The molecule has 1 aromatic rings. The van der Waals surface area contributed by atoms with Gasteiger partial charge in [0, 0.05) is 19.3 Å². The molecule has 1 rings (SSSR count). The highest BCUT2D eigenvalue weighted by molar-refractivity contribution is 7.86. The molecular formula is C11H19N3O4S. The maximum atomic E-state index is 12.0. The van der Waals surface area contributed by atoms with Gasteiger partial charge in [-0.15, -0.1) is 5.10 Å². The Morgan fingerprint density at radius 1 is 1.42 bits per heavy atom. The van der Waals surface area contributed by atoms with E-state index in [-0.39, 0.29) is 23.4 Å². The number of hydrogen-bond donors (Lipinski definition) is 1. The van der Waals surface area contributed by atoms with Gasteiger partial charge in [0.05, 0.1) is 6.26 Å². The molecule has 0 aromatic carbocycles. The zero-order valence-electron chi connectivity index (χ0n) is 11.7. The van der Waals surface area contributed by atoms with E-state index in [0.717, 1.165) is 6.26 Å². The van der Waals surface area contributed by atoms with Crippen LogP contribution < -0.4 is 9.50 Å². The summed E-state index contributed by atoms with van der Waals surface area (Å²) in [6.45, 7) is 5.82. The summed E-state index contributed by atoms with van der Waals surface area (Å²) in [5, 5.41) is 6.59. The van der Waals surface area contributed by atoms with Crippen LogP contribution in [0.4, 0.5) is 0 Å². The predicted molar refractivity (Wildman–Crippen MR) is 70.4 cm³/mol. The van der Waals surface area contributed by atoms with Gasteiger partial charge in [0.15, 0.2) is 0 Å². The third-order valence-electron chi connectivity index (χ3n) is 2.63. The summed E-state index contributed by atoms with van der Waals surface area (Å²) < 4.78 is 28.2. The Bertz CT molecular complexity index is 562. The summed E-state index contributed by atoms with van der Waals surface area (Å²) in [6.07, 6.45) is 2.32. The van der Waals surface area contributed by atoms with Crippen molar-refractivity contribution in [3.05, 3.63) is 11.8 Å². The van der Waals surface area contributed by atoms with Gasteiger partial charge < -0.3 is 9.50 Å². The lowest BCUT2D eigenvalue weighted by Crippen LogP contribution is -2.36. The molecule has 1 heterocycles. The fourth-order valence-corrected chi connectivity index (χ4v) is 1.69. The summed E-state index contributed by atoms with van der Waals surface area (Å²) in [4.78, 5) is 12.0. The first-order valence-corrected chi connectivity index (χ1v) is 7.65. The standard InChI is InChI=1S/C11H19N3O4S/c1-7(2)8(3)12-10(15)9-6-14(4)13-11(9)18-19(5,16)17/h6-8H,1-5H3,(H,12,15). The third kappa shape index (κ3) is 4.55. The molecule has 1 N–H and O–H groups in total. The average Bonchev–Trinajstić information content (AvgIpc) is 2.56. The van der Waals surface area contributed by atoms with Crippen molar-refractivity contribution >= 4 is 16.0 Å². The van der Waals surface area contributed by atoms with E-state index in [4.69, 9.17) is 4.18 Å². The number of nitrogens with zero attached hydrogens (tertiary/aromatic N) is 2. The molecule has 0 spiro atoms. The summed E-state index contributed by atoms with van der Waals surface area (Å²) in [5.41, 5.74) is 0.0976. The maximum absolute atomic E-state index is 12.0. The molecule has 0 saturated heterocycles. The van der Waals surface area contributed by atoms with E-state index in [1.807, 2.05) is 20.8 Å². The average molecular weight is 289 g/mol. The Balaban J connectivity index is 2.97. The number of rotatable bonds is 5. The predicted octanol–water partition coefficient (Wildman–Crippen LogP) is 0.533. The van der Waals surface area contributed by atoms with Crippen LogP contribution in [0.2, 0.25) is 0 Å². The highest BCUT2D eigenvalue weighted by atomic mass is 32.2. The lowest BCUT2D eigenvalue weighted by molar-refractivity contribution is 0.0929. The van der Waals surface area contributed by atoms with Gasteiger partial charge in [0.2, 0.25) is 0 Å². The minimum Gasteiger partial charge on any atom is -0.359 e. The molecule has 7 nitrogen and oxygen atoms in total. The molecule has 0 aliphatic rings. The molecule has 1 aromatic heterocycles. The lowest BCUT2D eigenvalue weighted by atomic mass is 10.1. The highest BCUT2D eigenvalue weighted by Crippen LogP contribution is 2.17. The number of nitrogens with one attached hydrogen (secondary N) is 1. The molecule has 0 aliphatic heterocycles. The zero-order valence-corrected chi connectivity index (χ0v) is 12.5. The molecule has 1 atom stereocenters. The van der Waals surface area contributed by atoms with Crippen LogP contribution in [0.1, 0.15) is 31.1 Å². The molecule has 108 valence electrons. The van der Waals surface area contributed by atoms with E-state index >= 15 is 0 Å². The number of amides is 1. The Hall–Kier alpha value is -1.57. The highest BCUT2D eigenvalue weighted by Gasteiger charge is 2.22. The van der Waals surface area contributed by atoms with E-state index in [2.05, 4.69) is 10.4 Å². The molecule has 0 aliphatic carbocycles. The quantitative estimate of drug-likeness (QED) is 0.799. The van der Waals surface area contributed by atoms with Crippen LogP contribution in [0.3, 0.4) is 0 Å². The molecule has 1 amide bonds. The van der Waals surface area contributed by atoms with Crippen molar-refractivity contribution < 1.29 is 17.4 Å². The van der Waals surface area contributed by atoms with Crippen molar-refractivity contribution in [3.63, 3.8) is 0 Å². The second-order valence-electron chi connectivity index (χ2n) is 4.82. The van der Waals surface area contributed by atoms with Gasteiger partial charge in [-0.2, -0.15) is 8.42 Å². The largest absolute Gasteiger partial charge is 0.359 e. The van der Waals surface area contributed by atoms with Crippen LogP contribution >= 0.6 is 0 Å². The van der Waals surface area contributed by atoms with Crippen LogP contribution in [-0.4, -0.2) is 36.4 Å². The normalized spacial score (nSPS) is 13.4. The van der Waals surface area contributed by atoms with Crippen molar-refractivity contribution in [1.82, 2.24) is 15.1 Å². The van der Waals surface area contributed by atoms with Gasteiger partial charge in [-0.1, -0.05) is 13.8 Å². The number of aromatic nitrogens is 2. The Morgan fingerprint density at radius 3 is 2.47 bits per heavy atom. The third-order valence-corrected chi connectivity index (χ3v) is 3.09. The van der Waals surface area contributed by atoms with Crippen molar-refractivity contribution in [2.45, 2.75) is 26.8 Å². The minimum atomic E-state index is -3.72. The first-order valence-electron chi connectivity index (χ1n) is 5.84. The number of carbonyl (C=O) groups excluding carboxylic acids is 1. The first kappa shape index (κ1) is 15.5. The fraction of sp³-hybridized carbons (Fsp3) is 0.636. The van der Waals surface area contributed by atoms with Gasteiger partial charge in [-0.05, 0) is 12.8 Å². The number of aryl methyl sites for hydroxylation is 1. The molecule has 0 fully saturated rings. The topological polar surface area (TPSA) is 90.3 Å². The van der Waals surface area contributed by atoms with Gasteiger partial charge in [-0.25, -0.2) is 0 Å². The van der Waals surface area contributed by atoms with Crippen molar-refractivity contribution in [2.24, 2.45) is 13.0 Å². The molecule has 1 unspecified atom stereocenters. The first-order chi connectivity index (χ1) is 8.60. The lowest BCUT2D eigenvalue weighted by Gasteiger charge is -2.16. The van der Waals surface area contributed by atoms with Crippen molar-refractivity contribution in [2.75, 3.05) is 6.26 Å². The Labute approximate surface area is 113 Å². The van der Waals surface area contributed by atoms with E-state index in [1.165, 1.54) is 10.9 Å². The van der Waals surface area contributed by atoms with E-state index in [1.54, 1.807) is 7.05 Å². The fourth-order valence-electron chi connectivity index (χ4n) is 1.28. The van der Waals surface area contributed by atoms with Crippen molar-refractivity contribution in [3.8, 4) is 5.88 Å². The molecular weight excluding hydrogens is 270 g/mol. The smallest absolute Gasteiger partial charge is 0.307 e. The van der Waals surface area contributed by atoms with E-state index < -0.39 is 16.0 Å². The molecule has 0 bridgehead atoms. The summed E-state index contributed by atoms with van der Waals surface area (Å²) in [7, 11) is -2.14. The van der Waals surface area contributed by atoms with Crippen molar-refractivity contribution in [1.29, 1.82) is 0 Å². The number of carbonyl (C=O) groups is 1.